The molecule has 4 nitrogen and oxygen atoms in total. The molecule has 0 heterocycles. The third-order valence-electron chi connectivity index (χ3n) is 1.76. The fourth-order valence-electron chi connectivity index (χ4n) is 0.983. The molecule has 0 bridgehead atoms. The zero-order valence-electron chi connectivity index (χ0n) is 9.66. The van der Waals surface area contributed by atoms with E-state index < -0.39 is 18.4 Å². The Morgan fingerprint density at radius 2 is 1.47 bits per heavy atom. The van der Waals surface area contributed by atoms with Gasteiger partial charge in [0.2, 0.25) is 0 Å². The fourth-order valence-corrected chi connectivity index (χ4v) is 0.983. The summed E-state index contributed by atoms with van der Waals surface area (Å²) in [5, 5.41) is 16.8. The summed E-state index contributed by atoms with van der Waals surface area (Å²) in [6.07, 6.45) is 6.32. The molecule has 0 fully saturated rings. The second-order valence-electron chi connectivity index (χ2n) is 3.38. The van der Waals surface area contributed by atoms with E-state index in [2.05, 4.69) is 24.6 Å². The average Bonchev–Trinajstić information content (AvgIpc) is 2.11. The molecule has 2 N–H and O–H groups in total. The summed E-state index contributed by atoms with van der Waals surface area (Å²) in [5.74, 6) is -2.62. The Balaban J connectivity index is 0. The van der Waals surface area contributed by atoms with Gasteiger partial charge in [0.05, 0.1) is 0 Å². The van der Waals surface area contributed by atoms with Crippen molar-refractivity contribution in [3.8, 4) is 0 Å². The molecule has 0 unspecified atom stereocenters. The van der Waals surface area contributed by atoms with Crippen LogP contribution in [-0.2, 0) is 9.59 Å². The van der Waals surface area contributed by atoms with E-state index in [0.29, 0.717) is 0 Å². The first-order valence-corrected chi connectivity index (χ1v) is 5.48. The van der Waals surface area contributed by atoms with Gasteiger partial charge in [-0.15, -0.1) is 0 Å². The summed E-state index contributed by atoms with van der Waals surface area (Å²) >= 11 is 2.26. The van der Waals surface area contributed by atoms with Crippen LogP contribution in [0, 0.1) is 0 Å². The first-order valence-electron chi connectivity index (χ1n) is 5.48. The van der Waals surface area contributed by atoms with Crippen molar-refractivity contribution in [3.05, 3.63) is 0 Å². The molecular weight excluding hydrogens is 191 g/mol. The van der Waals surface area contributed by atoms with Crippen molar-refractivity contribution in [2.45, 2.75) is 50.5 Å². The van der Waals surface area contributed by atoms with Gasteiger partial charge >= 0.3 is 73.8 Å². The van der Waals surface area contributed by atoms with E-state index in [1.54, 1.807) is 0 Å². The topological polar surface area (TPSA) is 74.6 Å². The van der Waals surface area contributed by atoms with Crippen molar-refractivity contribution in [1.82, 2.24) is 0 Å². The molecule has 84 valence electrons. The number of unbranched alkanes of at least 4 members (excludes halogenated alkanes) is 4. The molecular formula is C10H19LiO4. The van der Waals surface area contributed by atoms with E-state index >= 15 is 0 Å². The van der Waals surface area contributed by atoms with Crippen molar-refractivity contribution in [2.24, 2.45) is 0 Å². The first kappa shape index (κ1) is 16.9. The van der Waals surface area contributed by atoms with Gasteiger partial charge in [-0.2, -0.15) is 0 Å². The molecule has 0 rings (SSSR count). The third-order valence-corrected chi connectivity index (χ3v) is 1.76. The maximum absolute atomic E-state index is 9.43. The number of rotatable bonds is 7. The van der Waals surface area contributed by atoms with Crippen molar-refractivity contribution in [2.75, 3.05) is 0 Å². The van der Waals surface area contributed by atoms with Crippen LogP contribution >= 0.6 is 0 Å². The molecule has 0 spiro atoms. The Labute approximate surface area is 100 Å². The number of aliphatic carboxylic acids is 2. The standard InChI is InChI=1S/C7H15.C3H4O4.Li/c1-3-5-7-6-4-2;4-2(5)1-3(6)7;/h1,3-7H2,2H3;1H2,(H,4,5)(H,6,7);. The summed E-state index contributed by atoms with van der Waals surface area (Å²) in [7, 11) is 0. The van der Waals surface area contributed by atoms with Crippen molar-refractivity contribution < 1.29 is 19.8 Å². The predicted molar refractivity (Wildman–Crippen MR) is 59.2 cm³/mol. The summed E-state index contributed by atoms with van der Waals surface area (Å²) in [6, 6.07) is 0. The van der Waals surface area contributed by atoms with Crippen LogP contribution in [0.5, 0.6) is 0 Å². The number of carbonyl (C=O) groups is 2. The third kappa shape index (κ3) is 24.7. The SMILES string of the molecule is O=C(O)CC(=O)O.[Li][CH2]CCCCCC. The van der Waals surface area contributed by atoms with Crippen LogP contribution in [0.15, 0.2) is 0 Å². The van der Waals surface area contributed by atoms with Crippen LogP contribution in [0.1, 0.15) is 45.4 Å². The van der Waals surface area contributed by atoms with Crippen molar-refractivity contribution in [3.63, 3.8) is 0 Å². The number of hydrogen-bond acceptors (Lipinski definition) is 2. The van der Waals surface area contributed by atoms with Crippen molar-refractivity contribution in [1.29, 1.82) is 0 Å². The van der Waals surface area contributed by atoms with Gasteiger partial charge in [0.1, 0.15) is 6.42 Å². The number of hydrogen-bond donors (Lipinski definition) is 2. The van der Waals surface area contributed by atoms with E-state index in [-0.39, 0.29) is 0 Å². The molecule has 0 aliphatic carbocycles. The second-order valence-corrected chi connectivity index (χ2v) is 3.38. The molecule has 0 saturated heterocycles. The normalized spacial score (nSPS) is 9.00. The summed E-state index contributed by atoms with van der Waals surface area (Å²) in [5.41, 5.74) is 0. The van der Waals surface area contributed by atoms with E-state index in [1.165, 1.54) is 37.2 Å². The molecule has 0 aliphatic heterocycles. The number of carboxylic acid groups (broad SMARTS) is 2. The Bertz CT molecular complexity index is 153. The van der Waals surface area contributed by atoms with Crippen LogP contribution in [0.2, 0.25) is 5.09 Å². The fraction of sp³-hybridized carbons (Fsp3) is 0.800. The Morgan fingerprint density at radius 3 is 1.73 bits per heavy atom. The molecule has 0 amide bonds. The quantitative estimate of drug-likeness (QED) is 0.383. The molecule has 15 heavy (non-hydrogen) atoms. The minimum atomic E-state index is -1.31. The molecule has 0 aromatic carbocycles. The summed E-state index contributed by atoms with van der Waals surface area (Å²) < 4.78 is 0. The van der Waals surface area contributed by atoms with Gasteiger partial charge in [-0.1, -0.05) is 0 Å². The van der Waals surface area contributed by atoms with Gasteiger partial charge in [-0.05, 0) is 0 Å². The molecule has 0 aliphatic rings. The van der Waals surface area contributed by atoms with Gasteiger partial charge in [0.15, 0.2) is 0 Å². The van der Waals surface area contributed by atoms with E-state index in [4.69, 9.17) is 10.2 Å². The van der Waals surface area contributed by atoms with Gasteiger partial charge in [-0.25, -0.2) is 0 Å². The Morgan fingerprint density at radius 1 is 1.00 bits per heavy atom. The van der Waals surface area contributed by atoms with Crippen LogP contribution in [0.3, 0.4) is 0 Å². The van der Waals surface area contributed by atoms with Gasteiger partial charge in [-0.3, -0.25) is 9.59 Å². The minimum absolute atomic E-state index is 0.806. The first-order chi connectivity index (χ1) is 7.04. The van der Waals surface area contributed by atoms with Gasteiger partial charge in [0.25, 0.3) is 0 Å². The van der Waals surface area contributed by atoms with Gasteiger partial charge < -0.3 is 10.2 Å². The molecule has 0 aromatic rings. The van der Waals surface area contributed by atoms with Crippen LogP contribution in [0.4, 0.5) is 0 Å². The van der Waals surface area contributed by atoms with E-state index in [1.807, 2.05) is 0 Å². The zero-order chi connectivity index (χ0) is 12.1. The molecule has 5 heteroatoms. The molecule has 0 atom stereocenters. The number of carboxylic acids is 2. The van der Waals surface area contributed by atoms with E-state index in [9.17, 15) is 9.59 Å². The zero-order valence-corrected chi connectivity index (χ0v) is 9.66. The van der Waals surface area contributed by atoms with E-state index in [0.717, 1.165) is 0 Å². The van der Waals surface area contributed by atoms with Crippen LogP contribution < -0.4 is 0 Å². The van der Waals surface area contributed by atoms with Gasteiger partial charge in [0, 0.05) is 0 Å². The van der Waals surface area contributed by atoms with Crippen LogP contribution in [0.25, 0.3) is 0 Å². The molecule has 0 saturated carbocycles. The summed E-state index contributed by atoms with van der Waals surface area (Å²) in [4.78, 5) is 18.9. The maximum atomic E-state index is 9.43. The van der Waals surface area contributed by atoms with Crippen molar-refractivity contribution >= 4 is 29.7 Å². The van der Waals surface area contributed by atoms with Crippen LogP contribution in [-0.4, -0.2) is 39.9 Å². The monoisotopic (exact) mass is 210 g/mol. The second kappa shape index (κ2) is 13.5. The molecule has 0 radical (unpaired) electrons. The summed E-state index contributed by atoms with van der Waals surface area (Å²) in [6.45, 7) is 2.26. The Hall–Kier alpha value is -0.463. The average molecular weight is 210 g/mol. The molecule has 0 aromatic heterocycles. The Kier molecular flexibility index (Phi) is 15.3. The predicted octanol–water partition coefficient (Wildman–Crippen LogP) is 2.09.